The van der Waals surface area contributed by atoms with Gasteiger partial charge in [0.15, 0.2) is 0 Å². The predicted octanol–water partition coefficient (Wildman–Crippen LogP) is 4.89. The monoisotopic (exact) mass is 341 g/mol. The maximum Gasteiger partial charge on any atom is 0.573 e. The second-order valence-corrected chi connectivity index (χ2v) is 4.76. The van der Waals surface area contributed by atoms with Crippen molar-refractivity contribution in [2.45, 2.75) is 6.36 Å². The summed E-state index contributed by atoms with van der Waals surface area (Å²) in [7, 11) is 0. The van der Waals surface area contributed by atoms with Crippen molar-refractivity contribution in [2.75, 3.05) is 0 Å². The predicted molar refractivity (Wildman–Crippen MR) is 71.0 cm³/mol. The van der Waals surface area contributed by atoms with Crippen molar-refractivity contribution < 1.29 is 17.9 Å². The third-order valence-electron chi connectivity index (χ3n) is 2.50. The van der Waals surface area contributed by atoms with Gasteiger partial charge in [-0.05, 0) is 18.2 Å². The highest BCUT2D eigenvalue weighted by atomic mass is 79.9. The fourth-order valence-corrected chi connectivity index (χ4v) is 2.11. The lowest BCUT2D eigenvalue weighted by atomic mass is 10.00. The molecule has 20 heavy (non-hydrogen) atoms. The van der Waals surface area contributed by atoms with E-state index in [0.29, 0.717) is 10.0 Å². The van der Waals surface area contributed by atoms with E-state index in [-0.39, 0.29) is 16.9 Å². The van der Waals surface area contributed by atoms with Gasteiger partial charge in [-0.1, -0.05) is 40.2 Å². The van der Waals surface area contributed by atoms with Crippen molar-refractivity contribution in [1.29, 1.82) is 5.26 Å². The van der Waals surface area contributed by atoms with Crippen molar-refractivity contribution in [3.05, 3.63) is 52.5 Å². The van der Waals surface area contributed by atoms with E-state index >= 15 is 0 Å². The van der Waals surface area contributed by atoms with Gasteiger partial charge in [0.1, 0.15) is 5.75 Å². The molecule has 0 aliphatic heterocycles. The maximum atomic E-state index is 12.4. The second-order valence-electron chi connectivity index (χ2n) is 3.85. The molecule has 2 nitrogen and oxygen atoms in total. The average Bonchev–Trinajstić information content (AvgIpc) is 2.38. The summed E-state index contributed by atoms with van der Waals surface area (Å²) < 4.78 is 41.8. The molecule has 0 aliphatic carbocycles. The van der Waals surface area contributed by atoms with E-state index in [2.05, 4.69) is 20.7 Å². The molecule has 0 spiro atoms. The van der Waals surface area contributed by atoms with Gasteiger partial charge in [0, 0.05) is 15.6 Å². The Labute approximate surface area is 121 Å². The Morgan fingerprint density at radius 3 is 2.40 bits per heavy atom. The molecule has 0 aliphatic rings. The molecule has 2 aromatic rings. The molecule has 6 heteroatoms. The first-order valence-corrected chi connectivity index (χ1v) is 6.25. The number of rotatable bonds is 2. The van der Waals surface area contributed by atoms with E-state index in [9.17, 15) is 13.2 Å². The number of hydrogen-bond donors (Lipinski definition) is 0. The standard InChI is InChI=1S/C14H7BrF3NO/c15-10-5-6-11(9(7-10)8-19)12-3-1-2-4-13(12)20-14(16,17)18/h1-7H. The van der Waals surface area contributed by atoms with E-state index in [4.69, 9.17) is 5.26 Å². The van der Waals surface area contributed by atoms with Gasteiger partial charge in [-0.15, -0.1) is 13.2 Å². The van der Waals surface area contributed by atoms with Crippen molar-refractivity contribution in [2.24, 2.45) is 0 Å². The first-order chi connectivity index (χ1) is 9.40. The first kappa shape index (κ1) is 14.4. The largest absolute Gasteiger partial charge is 0.573 e. The van der Waals surface area contributed by atoms with Crippen LogP contribution in [0.1, 0.15) is 5.56 Å². The molecule has 0 unspecified atom stereocenters. The van der Waals surface area contributed by atoms with Crippen molar-refractivity contribution in [1.82, 2.24) is 0 Å². The summed E-state index contributed by atoms with van der Waals surface area (Å²) in [4.78, 5) is 0. The highest BCUT2D eigenvalue weighted by Gasteiger charge is 2.32. The summed E-state index contributed by atoms with van der Waals surface area (Å²) in [6.45, 7) is 0. The molecule has 2 rings (SSSR count). The zero-order valence-electron chi connectivity index (χ0n) is 9.91. The second kappa shape index (κ2) is 5.55. The summed E-state index contributed by atoms with van der Waals surface area (Å²) in [6.07, 6.45) is -4.78. The Morgan fingerprint density at radius 1 is 1.05 bits per heavy atom. The summed E-state index contributed by atoms with van der Waals surface area (Å²) in [6, 6.07) is 12.4. The lowest BCUT2D eigenvalue weighted by Gasteiger charge is -2.14. The Balaban J connectivity index is 2.57. The molecule has 2 aromatic carbocycles. The highest BCUT2D eigenvalue weighted by Crippen LogP contribution is 2.36. The number of para-hydroxylation sites is 1. The van der Waals surface area contributed by atoms with E-state index in [1.807, 2.05) is 6.07 Å². The van der Waals surface area contributed by atoms with Crippen LogP contribution in [-0.2, 0) is 0 Å². The smallest absolute Gasteiger partial charge is 0.405 e. The lowest BCUT2D eigenvalue weighted by Crippen LogP contribution is -2.17. The van der Waals surface area contributed by atoms with Crippen molar-refractivity contribution >= 4 is 15.9 Å². The molecule has 102 valence electrons. The number of halogens is 4. The highest BCUT2D eigenvalue weighted by molar-refractivity contribution is 9.10. The average molecular weight is 342 g/mol. The van der Waals surface area contributed by atoms with E-state index < -0.39 is 6.36 Å². The normalized spacial score (nSPS) is 10.9. The number of ether oxygens (including phenoxy) is 1. The molecule has 0 atom stereocenters. The van der Waals surface area contributed by atoms with E-state index in [0.717, 1.165) is 0 Å². The van der Waals surface area contributed by atoms with Crippen LogP contribution in [0, 0.1) is 11.3 Å². The van der Waals surface area contributed by atoms with E-state index in [1.165, 1.54) is 18.2 Å². The van der Waals surface area contributed by atoms with Crippen LogP contribution in [0.15, 0.2) is 46.9 Å². The summed E-state index contributed by atoms with van der Waals surface area (Å²) in [5.74, 6) is -0.334. The van der Waals surface area contributed by atoms with Gasteiger partial charge in [0.25, 0.3) is 0 Å². The SMILES string of the molecule is N#Cc1cc(Br)ccc1-c1ccccc1OC(F)(F)F. The van der Waals surface area contributed by atoms with Crippen LogP contribution in [0.25, 0.3) is 11.1 Å². The third kappa shape index (κ3) is 3.31. The fourth-order valence-electron chi connectivity index (χ4n) is 1.75. The molecule has 0 aromatic heterocycles. The fraction of sp³-hybridized carbons (Fsp3) is 0.0714. The molecule has 0 saturated carbocycles. The minimum absolute atomic E-state index is 0.217. The Bertz CT molecular complexity index is 677. The summed E-state index contributed by atoms with van der Waals surface area (Å²) >= 11 is 3.21. The molecule has 0 saturated heterocycles. The third-order valence-corrected chi connectivity index (χ3v) is 3.00. The Hall–Kier alpha value is -2.00. The van der Waals surface area contributed by atoms with Gasteiger partial charge < -0.3 is 4.74 Å². The number of hydrogen-bond acceptors (Lipinski definition) is 2. The van der Waals surface area contributed by atoms with Crippen LogP contribution in [0.2, 0.25) is 0 Å². The molecular weight excluding hydrogens is 335 g/mol. The molecule has 0 bridgehead atoms. The van der Waals surface area contributed by atoms with Gasteiger partial charge in [-0.2, -0.15) is 5.26 Å². The van der Waals surface area contributed by atoms with Crippen LogP contribution in [-0.4, -0.2) is 6.36 Å². The van der Waals surface area contributed by atoms with Crippen LogP contribution in [0.4, 0.5) is 13.2 Å². The molecule has 0 N–H and O–H groups in total. The topological polar surface area (TPSA) is 33.0 Å². The molecule has 0 radical (unpaired) electrons. The molecular formula is C14H7BrF3NO. The number of benzene rings is 2. The Kier molecular flexibility index (Phi) is 4.00. The molecule has 0 amide bonds. The lowest BCUT2D eigenvalue weighted by molar-refractivity contribution is -0.274. The van der Waals surface area contributed by atoms with Gasteiger partial charge in [-0.25, -0.2) is 0 Å². The Morgan fingerprint density at radius 2 is 1.75 bits per heavy atom. The van der Waals surface area contributed by atoms with Crippen LogP contribution in [0.3, 0.4) is 0 Å². The quantitative estimate of drug-likeness (QED) is 0.779. The maximum absolute atomic E-state index is 12.4. The first-order valence-electron chi connectivity index (χ1n) is 5.45. The molecule has 0 heterocycles. The van der Waals surface area contributed by atoms with Gasteiger partial charge in [0.2, 0.25) is 0 Å². The van der Waals surface area contributed by atoms with Gasteiger partial charge in [0.05, 0.1) is 11.6 Å². The van der Waals surface area contributed by atoms with Crippen LogP contribution in [0.5, 0.6) is 5.75 Å². The minimum Gasteiger partial charge on any atom is -0.405 e. The van der Waals surface area contributed by atoms with Crippen molar-refractivity contribution in [3.8, 4) is 22.9 Å². The van der Waals surface area contributed by atoms with E-state index in [1.54, 1.807) is 24.3 Å². The number of nitrogens with zero attached hydrogens (tertiary/aromatic N) is 1. The summed E-state index contributed by atoms with van der Waals surface area (Å²) in [5, 5.41) is 9.09. The van der Waals surface area contributed by atoms with Crippen LogP contribution >= 0.6 is 15.9 Å². The molecule has 0 fully saturated rings. The van der Waals surface area contributed by atoms with Crippen LogP contribution < -0.4 is 4.74 Å². The summed E-state index contributed by atoms with van der Waals surface area (Å²) in [5.41, 5.74) is 0.863. The zero-order valence-corrected chi connectivity index (χ0v) is 11.5. The zero-order chi connectivity index (χ0) is 14.8. The minimum atomic E-state index is -4.78. The van der Waals surface area contributed by atoms with Crippen molar-refractivity contribution in [3.63, 3.8) is 0 Å². The number of alkyl halides is 3. The number of nitriles is 1. The van der Waals surface area contributed by atoms with Gasteiger partial charge >= 0.3 is 6.36 Å². The van der Waals surface area contributed by atoms with Gasteiger partial charge in [-0.3, -0.25) is 0 Å².